The number of hydrogen-bond donors (Lipinski definition) is 0. The van der Waals surface area contributed by atoms with E-state index in [1.165, 1.54) is 5.56 Å². The molecule has 0 amide bonds. The lowest BCUT2D eigenvalue weighted by Crippen LogP contribution is -2.19. The second kappa shape index (κ2) is 9.86. The number of methoxy groups -OCH3 is 5. The zero-order chi connectivity index (χ0) is 23.4. The molecule has 0 radical (unpaired) electrons. The number of hydrogen-bond acceptors (Lipinski definition) is 6. The van der Waals surface area contributed by atoms with Crippen LogP contribution in [0.3, 0.4) is 0 Å². The van der Waals surface area contributed by atoms with Gasteiger partial charge in [-0.15, -0.1) is 0 Å². The third-order valence-corrected chi connectivity index (χ3v) is 5.97. The van der Waals surface area contributed by atoms with Gasteiger partial charge in [0.1, 0.15) is 5.75 Å². The van der Waals surface area contributed by atoms with E-state index in [1.807, 2.05) is 36.4 Å². The Hall–Kier alpha value is -3.67. The Balaban J connectivity index is 1.77. The molecular weight excluding hydrogens is 418 g/mol. The predicted molar refractivity (Wildman–Crippen MR) is 129 cm³/mol. The Morgan fingerprint density at radius 1 is 0.697 bits per heavy atom. The van der Waals surface area contributed by atoms with Crippen molar-refractivity contribution in [3.05, 3.63) is 76.9 Å². The van der Waals surface area contributed by atoms with Crippen LogP contribution in [0.2, 0.25) is 0 Å². The molecular formula is C27H29NO5. The highest BCUT2D eigenvalue weighted by atomic mass is 16.5. The van der Waals surface area contributed by atoms with Crippen molar-refractivity contribution < 1.29 is 23.7 Å². The van der Waals surface area contributed by atoms with Crippen LogP contribution in [0.25, 0.3) is 0 Å². The average Bonchev–Trinajstić information content (AvgIpc) is 2.87. The van der Waals surface area contributed by atoms with Crippen LogP contribution in [0.15, 0.2) is 59.6 Å². The van der Waals surface area contributed by atoms with Crippen molar-refractivity contribution in [2.75, 3.05) is 35.5 Å². The minimum Gasteiger partial charge on any atom is -0.497 e. The predicted octanol–water partition coefficient (Wildman–Crippen LogP) is 5.06. The average molecular weight is 448 g/mol. The topological polar surface area (TPSA) is 58.5 Å². The van der Waals surface area contributed by atoms with E-state index in [2.05, 4.69) is 18.2 Å². The summed E-state index contributed by atoms with van der Waals surface area (Å²) in [4.78, 5) is 5.18. The summed E-state index contributed by atoms with van der Waals surface area (Å²) in [6.07, 6.45) is 1.42. The van der Waals surface area contributed by atoms with Crippen LogP contribution in [0.4, 0.5) is 0 Å². The van der Waals surface area contributed by atoms with Gasteiger partial charge in [-0.3, -0.25) is 4.99 Å². The summed E-state index contributed by atoms with van der Waals surface area (Å²) in [5, 5.41) is 0. The molecule has 1 unspecified atom stereocenters. The molecule has 1 heterocycles. The van der Waals surface area contributed by atoms with E-state index in [0.29, 0.717) is 23.7 Å². The summed E-state index contributed by atoms with van der Waals surface area (Å²) in [7, 11) is 8.26. The summed E-state index contributed by atoms with van der Waals surface area (Å²) < 4.78 is 27.4. The lowest BCUT2D eigenvalue weighted by atomic mass is 9.87. The van der Waals surface area contributed by atoms with E-state index in [-0.39, 0.29) is 6.04 Å². The monoisotopic (exact) mass is 447 g/mol. The van der Waals surface area contributed by atoms with Crippen LogP contribution in [-0.2, 0) is 12.8 Å². The number of rotatable bonds is 8. The molecule has 0 saturated carbocycles. The van der Waals surface area contributed by atoms with Gasteiger partial charge in [-0.2, -0.15) is 0 Å². The van der Waals surface area contributed by atoms with Crippen LogP contribution < -0.4 is 23.7 Å². The van der Waals surface area contributed by atoms with Crippen LogP contribution in [-0.4, -0.2) is 41.3 Å². The largest absolute Gasteiger partial charge is 0.497 e. The molecule has 0 N–H and O–H groups in total. The molecule has 3 aromatic carbocycles. The molecule has 0 bridgehead atoms. The highest BCUT2D eigenvalue weighted by molar-refractivity contribution is 6.04. The van der Waals surface area contributed by atoms with Crippen LogP contribution >= 0.6 is 0 Å². The van der Waals surface area contributed by atoms with Crippen LogP contribution in [0.5, 0.6) is 28.7 Å². The van der Waals surface area contributed by atoms with Gasteiger partial charge in [-0.05, 0) is 59.5 Å². The van der Waals surface area contributed by atoms with Gasteiger partial charge >= 0.3 is 0 Å². The van der Waals surface area contributed by atoms with Crippen molar-refractivity contribution in [1.29, 1.82) is 0 Å². The Kier molecular flexibility index (Phi) is 6.73. The summed E-state index contributed by atoms with van der Waals surface area (Å²) in [6.45, 7) is 0. The third-order valence-electron chi connectivity index (χ3n) is 5.97. The molecule has 3 aromatic rings. The first-order valence-corrected chi connectivity index (χ1v) is 10.8. The molecule has 6 nitrogen and oxygen atoms in total. The SMILES string of the molecule is COc1ccc(C2Cc3cc(OC)c(OC)cc3C(Cc3ccc(OC)c(OC)c3)=N2)cc1. The standard InChI is InChI=1S/C27H29NO5/c1-29-20-9-7-18(8-10-20)22-14-19-15-26(32-4)27(33-5)16-21(19)23(28-22)12-17-6-11-24(30-2)25(13-17)31-3/h6-11,13,15-16,22H,12,14H2,1-5H3. The van der Waals surface area contributed by atoms with Crippen molar-refractivity contribution in [1.82, 2.24) is 0 Å². The van der Waals surface area contributed by atoms with Gasteiger partial charge in [-0.25, -0.2) is 0 Å². The second-order valence-corrected chi connectivity index (χ2v) is 7.80. The molecule has 0 aliphatic carbocycles. The number of aliphatic imine (C=N–C) groups is 1. The van der Waals surface area contributed by atoms with Gasteiger partial charge < -0.3 is 23.7 Å². The van der Waals surface area contributed by atoms with Crippen molar-refractivity contribution in [2.24, 2.45) is 4.99 Å². The maximum Gasteiger partial charge on any atom is 0.161 e. The lowest BCUT2D eigenvalue weighted by molar-refractivity contribution is 0.354. The first kappa shape index (κ1) is 22.5. The van der Waals surface area contributed by atoms with Crippen molar-refractivity contribution in [2.45, 2.75) is 18.9 Å². The second-order valence-electron chi connectivity index (χ2n) is 7.80. The van der Waals surface area contributed by atoms with Gasteiger partial charge in [-0.1, -0.05) is 18.2 Å². The zero-order valence-electron chi connectivity index (χ0n) is 19.7. The number of nitrogens with zero attached hydrogens (tertiary/aromatic N) is 1. The van der Waals surface area contributed by atoms with E-state index in [0.717, 1.165) is 40.3 Å². The van der Waals surface area contributed by atoms with Gasteiger partial charge in [0.15, 0.2) is 23.0 Å². The fourth-order valence-corrected chi connectivity index (χ4v) is 4.21. The quantitative estimate of drug-likeness (QED) is 0.483. The number of fused-ring (bicyclic) bond motifs is 1. The molecule has 0 fully saturated rings. The first-order chi connectivity index (χ1) is 16.1. The van der Waals surface area contributed by atoms with E-state index in [4.69, 9.17) is 28.7 Å². The molecule has 0 aromatic heterocycles. The normalized spacial score (nSPS) is 14.7. The summed E-state index contributed by atoms with van der Waals surface area (Å²) in [5.74, 6) is 3.65. The van der Waals surface area contributed by atoms with E-state index >= 15 is 0 Å². The Morgan fingerprint density at radius 2 is 1.33 bits per heavy atom. The van der Waals surface area contributed by atoms with E-state index in [9.17, 15) is 0 Å². The van der Waals surface area contributed by atoms with Gasteiger partial charge in [0, 0.05) is 17.7 Å². The summed E-state index contributed by atoms with van der Waals surface area (Å²) in [6, 6.07) is 18.2. The van der Waals surface area contributed by atoms with Crippen molar-refractivity contribution in [3.63, 3.8) is 0 Å². The minimum absolute atomic E-state index is 0.00310. The molecule has 1 aliphatic heterocycles. The third kappa shape index (κ3) is 4.60. The highest BCUT2D eigenvalue weighted by Crippen LogP contribution is 2.38. The first-order valence-electron chi connectivity index (χ1n) is 10.8. The van der Waals surface area contributed by atoms with Gasteiger partial charge in [0.25, 0.3) is 0 Å². The lowest BCUT2D eigenvalue weighted by Gasteiger charge is -2.26. The molecule has 1 aliphatic rings. The fourth-order valence-electron chi connectivity index (χ4n) is 4.21. The minimum atomic E-state index is -0.00310. The number of benzene rings is 3. The highest BCUT2D eigenvalue weighted by Gasteiger charge is 2.25. The smallest absolute Gasteiger partial charge is 0.161 e. The molecule has 6 heteroatoms. The summed E-state index contributed by atoms with van der Waals surface area (Å²) >= 11 is 0. The Labute approximate surface area is 194 Å². The summed E-state index contributed by atoms with van der Waals surface area (Å²) in [5.41, 5.74) is 5.47. The molecule has 33 heavy (non-hydrogen) atoms. The van der Waals surface area contributed by atoms with Crippen molar-refractivity contribution in [3.8, 4) is 28.7 Å². The van der Waals surface area contributed by atoms with Gasteiger partial charge in [0.05, 0.1) is 41.6 Å². The van der Waals surface area contributed by atoms with Crippen LogP contribution in [0, 0.1) is 0 Å². The maximum absolute atomic E-state index is 5.57. The molecule has 4 rings (SSSR count). The van der Waals surface area contributed by atoms with Crippen LogP contribution in [0.1, 0.15) is 28.3 Å². The zero-order valence-corrected chi connectivity index (χ0v) is 19.7. The fraction of sp³-hybridized carbons (Fsp3) is 0.296. The number of ether oxygens (including phenoxy) is 5. The Morgan fingerprint density at radius 3 is 1.97 bits per heavy atom. The molecule has 0 spiro atoms. The molecule has 0 saturated heterocycles. The van der Waals surface area contributed by atoms with Gasteiger partial charge in [0.2, 0.25) is 0 Å². The maximum atomic E-state index is 5.57. The van der Waals surface area contributed by atoms with Crippen molar-refractivity contribution >= 4 is 5.71 Å². The molecule has 1 atom stereocenters. The van der Waals surface area contributed by atoms with E-state index in [1.54, 1.807) is 35.5 Å². The Bertz CT molecular complexity index is 1150. The van der Waals surface area contributed by atoms with E-state index < -0.39 is 0 Å². The molecule has 172 valence electrons.